The zero-order valence-corrected chi connectivity index (χ0v) is 20.2. The van der Waals surface area contributed by atoms with Crippen molar-refractivity contribution >= 4 is 28.1 Å². The number of halogens is 1. The van der Waals surface area contributed by atoms with Crippen molar-refractivity contribution in [2.75, 3.05) is 38.3 Å². The molecule has 1 saturated heterocycles. The standard InChI is InChI=1S/C25H29FN4O4S/c1-15(12-31)16-5-6-19(21(26)9-16)22-10-20(24(27)33)25(35-22)29-23-4-2-3-17(28-23)11-30-7-8-34-14-18(30)13-32/h2-6,9-10,15,18,31-32H,7-8,11-14H2,1H3,(H2,27,33)(H,28,29). The minimum absolute atomic E-state index is 0.00827. The monoisotopic (exact) mass is 500 g/mol. The lowest BCUT2D eigenvalue weighted by atomic mass is 9.99. The van der Waals surface area contributed by atoms with Gasteiger partial charge >= 0.3 is 0 Å². The molecule has 0 spiro atoms. The number of primary amides is 1. The number of aromatic nitrogens is 1. The quantitative estimate of drug-likeness (QED) is 0.356. The Balaban J connectivity index is 1.57. The van der Waals surface area contributed by atoms with Gasteiger partial charge in [0.1, 0.15) is 16.6 Å². The van der Waals surface area contributed by atoms with Crippen LogP contribution < -0.4 is 11.1 Å². The second-order valence-electron chi connectivity index (χ2n) is 8.56. The summed E-state index contributed by atoms with van der Waals surface area (Å²) in [5.41, 5.74) is 7.70. The molecule has 2 atom stereocenters. The molecule has 0 aliphatic carbocycles. The van der Waals surface area contributed by atoms with Gasteiger partial charge in [-0.2, -0.15) is 0 Å². The number of anilines is 2. The first-order valence-corrected chi connectivity index (χ1v) is 12.2. The number of carbonyl (C=O) groups excluding carboxylic acids is 1. The van der Waals surface area contributed by atoms with Crippen molar-refractivity contribution in [1.29, 1.82) is 0 Å². The van der Waals surface area contributed by atoms with Gasteiger partial charge in [-0.05, 0) is 29.8 Å². The maximum absolute atomic E-state index is 14.9. The molecular weight excluding hydrogens is 471 g/mol. The van der Waals surface area contributed by atoms with E-state index in [-0.39, 0.29) is 30.7 Å². The number of hydrogen-bond acceptors (Lipinski definition) is 8. The number of pyridine rings is 1. The Kier molecular flexibility index (Phi) is 8.09. The van der Waals surface area contributed by atoms with E-state index in [1.165, 1.54) is 17.4 Å². The van der Waals surface area contributed by atoms with E-state index in [4.69, 9.17) is 10.5 Å². The zero-order chi connectivity index (χ0) is 24.9. The Morgan fingerprint density at radius 2 is 2.17 bits per heavy atom. The van der Waals surface area contributed by atoms with Crippen molar-refractivity contribution in [3.8, 4) is 10.4 Å². The largest absolute Gasteiger partial charge is 0.396 e. The molecule has 4 rings (SSSR count). The molecule has 1 fully saturated rings. The lowest BCUT2D eigenvalue weighted by Gasteiger charge is -2.34. The van der Waals surface area contributed by atoms with Crippen LogP contribution in [0, 0.1) is 5.82 Å². The van der Waals surface area contributed by atoms with Gasteiger partial charge in [0, 0.05) is 36.1 Å². The number of rotatable bonds is 9. The normalized spacial score (nSPS) is 17.3. The maximum Gasteiger partial charge on any atom is 0.251 e. The number of aliphatic hydroxyl groups is 2. The summed E-state index contributed by atoms with van der Waals surface area (Å²) in [5.74, 6) is -0.713. The number of nitrogens with zero attached hydrogens (tertiary/aromatic N) is 2. The molecule has 2 aromatic heterocycles. The number of aliphatic hydroxyl groups excluding tert-OH is 2. The van der Waals surface area contributed by atoms with Gasteiger partial charge in [0.15, 0.2) is 0 Å². The minimum Gasteiger partial charge on any atom is -0.396 e. The fourth-order valence-corrected chi connectivity index (χ4v) is 5.07. The summed E-state index contributed by atoms with van der Waals surface area (Å²) < 4.78 is 20.3. The fraction of sp³-hybridized carbons (Fsp3) is 0.360. The highest BCUT2D eigenvalue weighted by Gasteiger charge is 2.23. The third kappa shape index (κ3) is 5.85. The molecule has 3 heterocycles. The number of ether oxygens (including phenoxy) is 1. The maximum atomic E-state index is 14.9. The third-order valence-electron chi connectivity index (χ3n) is 6.07. The molecule has 1 aromatic carbocycles. The zero-order valence-electron chi connectivity index (χ0n) is 19.4. The van der Waals surface area contributed by atoms with Crippen molar-refractivity contribution in [2.24, 2.45) is 5.73 Å². The summed E-state index contributed by atoms with van der Waals surface area (Å²) in [6.45, 7) is 4.08. The molecule has 186 valence electrons. The molecule has 5 N–H and O–H groups in total. The average Bonchev–Trinajstić information content (AvgIpc) is 3.27. The first kappa shape index (κ1) is 25.2. The van der Waals surface area contributed by atoms with E-state index in [2.05, 4.69) is 15.2 Å². The van der Waals surface area contributed by atoms with E-state index in [1.54, 1.807) is 24.3 Å². The highest BCUT2D eigenvalue weighted by Crippen LogP contribution is 2.38. The molecule has 0 bridgehead atoms. The summed E-state index contributed by atoms with van der Waals surface area (Å²) >= 11 is 1.21. The number of morpholine rings is 1. The molecule has 1 amide bonds. The molecule has 1 aliphatic rings. The Morgan fingerprint density at radius 1 is 1.34 bits per heavy atom. The van der Waals surface area contributed by atoms with Gasteiger partial charge in [-0.3, -0.25) is 9.69 Å². The molecule has 2 unspecified atom stereocenters. The first-order valence-electron chi connectivity index (χ1n) is 11.4. The van der Waals surface area contributed by atoms with Gasteiger partial charge < -0.3 is 26.0 Å². The van der Waals surface area contributed by atoms with Crippen LogP contribution in [0.25, 0.3) is 10.4 Å². The van der Waals surface area contributed by atoms with Crippen LogP contribution in [0.1, 0.15) is 34.5 Å². The van der Waals surface area contributed by atoms with Crippen molar-refractivity contribution in [3.05, 3.63) is 65.1 Å². The molecule has 0 saturated carbocycles. The number of nitrogens with two attached hydrogens (primary N) is 1. The second kappa shape index (κ2) is 11.2. The van der Waals surface area contributed by atoms with Crippen molar-refractivity contribution < 1.29 is 24.1 Å². The van der Waals surface area contributed by atoms with Crippen LogP contribution in [-0.2, 0) is 11.3 Å². The molecule has 35 heavy (non-hydrogen) atoms. The summed E-state index contributed by atoms with van der Waals surface area (Å²) in [6, 6.07) is 11.9. The van der Waals surface area contributed by atoms with Crippen LogP contribution in [0.15, 0.2) is 42.5 Å². The van der Waals surface area contributed by atoms with Crippen molar-refractivity contribution in [3.63, 3.8) is 0 Å². The highest BCUT2D eigenvalue weighted by atomic mass is 32.1. The number of carbonyl (C=O) groups is 1. The smallest absolute Gasteiger partial charge is 0.251 e. The molecule has 1 aliphatic heterocycles. The highest BCUT2D eigenvalue weighted by molar-refractivity contribution is 7.19. The number of hydrogen-bond donors (Lipinski definition) is 4. The number of amides is 1. The van der Waals surface area contributed by atoms with Crippen LogP contribution in [0.5, 0.6) is 0 Å². The van der Waals surface area contributed by atoms with Crippen LogP contribution in [-0.4, -0.2) is 65.0 Å². The Labute approximate surface area is 207 Å². The molecule has 3 aromatic rings. The van der Waals surface area contributed by atoms with Gasteiger partial charge in [-0.15, -0.1) is 11.3 Å². The van der Waals surface area contributed by atoms with E-state index in [0.717, 1.165) is 5.69 Å². The van der Waals surface area contributed by atoms with Crippen molar-refractivity contribution in [2.45, 2.75) is 25.4 Å². The van der Waals surface area contributed by atoms with Gasteiger partial charge in [0.25, 0.3) is 5.91 Å². The first-order chi connectivity index (χ1) is 16.9. The predicted octanol–water partition coefficient (Wildman–Crippen LogP) is 3.08. The van der Waals surface area contributed by atoms with E-state index >= 15 is 0 Å². The average molecular weight is 501 g/mol. The van der Waals surface area contributed by atoms with E-state index in [0.29, 0.717) is 53.1 Å². The molecule has 10 heteroatoms. The van der Waals surface area contributed by atoms with Gasteiger partial charge in [-0.1, -0.05) is 25.1 Å². The third-order valence-corrected chi connectivity index (χ3v) is 7.16. The van der Waals surface area contributed by atoms with Gasteiger partial charge in [0.05, 0.1) is 37.1 Å². The van der Waals surface area contributed by atoms with E-state index in [9.17, 15) is 19.4 Å². The Bertz CT molecular complexity index is 1190. The van der Waals surface area contributed by atoms with Crippen LogP contribution >= 0.6 is 11.3 Å². The SMILES string of the molecule is CC(CO)c1ccc(-c2cc(C(N)=O)c(Nc3cccc(CN4CCOCC4CO)n3)s2)c(F)c1. The second-order valence-corrected chi connectivity index (χ2v) is 9.61. The van der Waals surface area contributed by atoms with Crippen molar-refractivity contribution in [1.82, 2.24) is 9.88 Å². The molecule has 8 nitrogen and oxygen atoms in total. The van der Waals surface area contributed by atoms with Gasteiger partial charge in [-0.25, -0.2) is 9.37 Å². The summed E-state index contributed by atoms with van der Waals surface area (Å²) in [5, 5.41) is 22.6. The Hall–Kier alpha value is -2.89. The molecule has 0 radical (unpaired) electrons. The topological polar surface area (TPSA) is 121 Å². The van der Waals surface area contributed by atoms with E-state index in [1.807, 2.05) is 19.1 Å². The minimum atomic E-state index is -0.629. The summed E-state index contributed by atoms with van der Waals surface area (Å²) in [4.78, 5) is 19.5. The summed E-state index contributed by atoms with van der Waals surface area (Å²) in [7, 11) is 0. The lowest BCUT2D eigenvalue weighted by molar-refractivity contribution is -0.0317. The summed E-state index contributed by atoms with van der Waals surface area (Å²) in [6.07, 6.45) is 0. The van der Waals surface area contributed by atoms with Crippen LogP contribution in [0.2, 0.25) is 0 Å². The molecular formula is C25H29FN4O4S. The number of thiophene rings is 1. The lowest BCUT2D eigenvalue weighted by Crippen LogP contribution is -2.46. The van der Waals surface area contributed by atoms with Crippen LogP contribution in [0.4, 0.5) is 15.2 Å². The van der Waals surface area contributed by atoms with Gasteiger partial charge in [0.2, 0.25) is 0 Å². The van der Waals surface area contributed by atoms with Crippen LogP contribution in [0.3, 0.4) is 0 Å². The predicted molar refractivity (Wildman–Crippen MR) is 133 cm³/mol. The van der Waals surface area contributed by atoms with E-state index < -0.39 is 11.7 Å². The number of nitrogens with one attached hydrogen (secondary N) is 1. The fourth-order valence-electron chi connectivity index (χ4n) is 3.97. The number of benzene rings is 1. The Morgan fingerprint density at radius 3 is 2.89 bits per heavy atom.